The number of anilines is 1. The Balaban J connectivity index is 1.67. The zero-order valence-electron chi connectivity index (χ0n) is 16.7. The van der Waals surface area contributed by atoms with Gasteiger partial charge < -0.3 is 10.2 Å². The largest absolute Gasteiger partial charge is 0.359 e. The maximum atomic E-state index is 12.3. The molecule has 7 heteroatoms. The molecular formula is C23H22N4OS2. The fourth-order valence-corrected chi connectivity index (χ4v) is 5.69. The van der Waals surface area contributed by atoms with Gasteiger partial charge in [0.25, 0.3) is 0 Å². The van der Waals surface area contributed by atoms with Crippen LogP contribution in [0.25, 0.3) is 32.0 Å². The van der Waals surface area contributed by atoms with Crippen molar-refractivity contribution in [3.05, 3.63) is 53.2 Å². The highest BCUT2D eigenvalue weighted by Crippen LogP contribution is 2.40. The first-order valence-electron chi connectivity index (χ1n) is 10.1. The van der Waals surface area contributed by atoms with Gasteiger partial charge in [0.05, 0.1) is 16.2 Å². The minimum atomic E-state index is -0.0160. The summed E-state index contributed by atoms with van der Waals surface area (Å²) in [6, 6.07) is 14.5. The molecule has 5 rings (SSSR count). The monoisotopic (exact) mass is 434 g/mol. The van der Waals surface area contributed by atoms with Crippen molar-refractivity contribution in [2.45, 2.75) is 12.8 Å². The Morgan fingerprint density at radius 2 is 2.00 bits per heavy atom. The van der Waals surface area contributed by atoms with Gasteiger partial charge in [0, 0.05) is 31.1 Å². The number of piperidine rings is 1. The van der Waals surface area contributed by atoms with Gasteiger partial charge in [0.1, 0.15) is 10.6 Å². The average molecular weight is 435 g/mol. The SMILES string of the molecule is CNC(=O)C1CCCN(c2nc(-c3cccs3)nc3scc(-c4ccccc4)c23)C1. The number of carbonyl (C=O) groups excluding carboxylic acids is 1. The molecule has 0 bridgehead atoms. The average Bonchev–Trinajstić information content (AvgIpc) is 3.49. The van der Waals surface area contributed by atoms with E-state index in [-0.39, 0.29) is 11.8 Å². The number of hydrogen-bond donors (Lipinski definition) is 1. The standard InChI is InChI=1S/C23H22N4OS2/c1-24-22(28)16-9-5-11-27(13-16)21-19-17(15-7-3-2-4-8-15)14-30-23(19)26-20(25-21)18-10-6-12-29-18/h2-4,6-8,10,12,14,16H,5,9,11,13H2,1H3,(H,24,28). The highest BCUT2D eigenvalue weighted by molar-refractivity contribution is 7.17. The molecule has 1 N–H and O–H groups in total. The molecule has 1 aromatic carbocycles. The number of thiophene rings is 2. The van der Waals surface area contributed by atoms with Gasteiger partial charge in [-0.3, -0.25) is 4.79 Å². The third-order valence-electron chi connectivity index (χ3n) is 5.58. The van der Waals surface area contributed by atoms with Gasteiger partial charge in [0.2, 0.25) is 5.91 Å². The first kappa shape index (κ1) is 19.2. The summed E-state index contributed by atoms with van der Waals surface area (Å²) in [5, 5.41) is 8.13. The third-order valence-corrected chi connectivity index (χ3v) is 7.32. The number of benzene rings is 1. The van der Waals surface area contributed by atoms with Crippen LogP contribution in [0.15, 0.2) is 53.2 Å². The second-order valence-corrected chi connectivity index (χ2v) is 9.25. The Morgan fingerprint density at radius 3 is 2.77 bits per heavy atom. The van der Waals surface area contributed by atoms with Crippen molar-refractivity contribution in [2.75, 3.05) is 25.0 Å². The van der Waals surface area contributed by atoms with E-state index in [1.807, 2.05) is 12.1 Å². The number of aromatic nitrogens is 2. The van der Waals surface area contributed by atoms with E-state index in [9.17, 15) is 4.79 Å². The second-order valence-electron chi connectivity index (χ2n) is 7.44. The molecule has 5 nitrogen and oxygen atoms in total. The van der Waals surface area contributed by atoms with Gasteiger partial charge in [-0.1, -0.05) is 36.4 Å². The number of hydrogen-bond acceptors (Lipinski definition) is 6. The van der Waals surface area contributed by atoms with Crippen molar-refractivity contribution in [3.63, 3.8) is 0 Å². The van der Waals surface area contributed by atoms with E-state index in [0.717, 1.165) is 57.2 Å². The second kappa shape index (κ2) is 8.16. The molecule has 4 heterocycles. The van der Waals surface area contributed by atoms with Crippen LogP contribution in [0.2, 0.25) is 0 Å². The van der Waals surface area contributed by atoms with E-state index in [1.54, 1.807) is 29.7 Å². The smallest absolute Gasteiger partial charge is 0.224 e. The van der Waals surface area contributed by atoms with E-state index in [1.165, 1.54) is 0 Å². The van der Waals surface area contributed by atoms with Crippen molar-refractivity contribution >= 4 is 44.6 Å². The van der Waals surface area contributed by atoms with Crippen molar-refractivity contribution in [1.82, 2.24) is 15.3 Å². The van der Waals surface area contributed by atoms with Crippen molar-refractivity contribution in [1.29, 1.82) is 0 Å². The molecule has 1 unspecified atom stereocenters. The summed E-state index contributed by atoms with van der Waals surface area (Å²) < 4.78 is 0. The molecule has 1 fully saturated rings. The van der Waals surface area contributed by atoms with Gasteiger partial charge in [-0.15, -0.1) is 22.7 Å². The Morgan fingerprint density at radius 1 is 1.13 bits per heavy atom. The van der Waals surface area contributed by atoms with E-state index in [0.29, 0.717) is 6.54 Å². The summed E-state index contributed by atoms with van der Waals surface area (Å²) >= 11 is 3.31. The predicted octanol–water partition coefficient (Wildman–Crippen LogP) is 5.05. The van der Waals surface area contributed by atoms with Crippen LogP contribution in [-0.2, 0) is 4.79 Å². The zero-order valence-corrected chi connectivity index (χ0v) is 18.3. The van der Waals surface area contributed by atoms with Crippen LogP contribution in [0.4, 0.5) is 5.82 Å². The molecule has 0 radical (unpaired) electrons. The lowest BCUT2D eigenvalue weighted by Crippen LogP contribution is -2.42. The molecule has 1 amide bonds. The lowest BCUT2D eigenvalue weighted by atomic mass is 9.96. The molecule has 1 atom stereocenters. The molecule has 1 aliphatic heterocycles. The first-order chi connectivity index (χ1) is 14.7. The molecular weight excluding hydrogens is 412 g/mol. The van der Waals surface area contributed by atoms with Gasteiger partial charge in [0.15, 0.2) is 5.82 Å². The summed E-state index contributed by atoms with van der Waals surface area (Å²) in [7, 11) is 1.71. The molecule has 0 aliphatic carbocycles. The predicted molar refractivity (Wildman–Crippen MR) is 125 cm³/mol. The van der Waals surface area contributed by atoms with Crippen LogP contribution >= 0.6 is 22.7 Å². The fourth-order valence-electron chi connectivity index (χ4n) is 4.09. The molecule has 0 spiro atoms. The number of amides is 1. The first-order valence-corrected chi connectivity index (χ1v) is 11.9. The van der Waals surface area contributed by atoms with E-state index < -0.39 is 0 Å². The summed E-state index contributed by atoms with van der Waals surface area (Å²) in [5.74, 6) is 1.79. The van der Waals surface area contributed by atoms with E-state index >= 15 is 0 Å². The fraction of sp³-hybridized carbons (Fsp3) is 0.261. The normalized spacial score (nSPS) is 16.7. The zero-order chi connectivity index (χ0) is 20.5. The Hall–Kier alpha value is -2.77. The highest BCUT2D eigenvalue weighted by atomic mass is 32.1. The Kier molecular flexibility index (Phi) is 5.23. The van der Waals surface area contributed by atoms with Gasteiger partial charge in [-0.05, 0) is 29.9 Å². The van der Waals surface area contributed by atoms with E-state index in [4.69, 9.17) is 9.97 Å². The van der Waals surface area contributed by atoms with Gasteiger partial charge in [-0.2, -0.15) is 0 Å². The van der Waals surface area contributed by atoms with Crippen LogP contribution in [0, 0.1) is 5.92 Å². The highest BCUT2D eigenvalue weighted by Gasteiger charge is 2.28. The Labute approximate surface area is 183 Å². The molecule has 1 saturated heterocycles. The topological polar surface area (TPSA) is 58.1 Å². The Bertz CT molecular complexity index is 1170. The third kappa shape index (κ3) is 3.48. The van der Waals surface area contributed by atoms with Crippen molar-refractivity contribution in [3.8, 4) is 21.8 Å². The molecule has 1 aliphatic rings. The molecule has 30 heavy (non-hydrogen) atoms. The number of fused-ring (bicyclic) bond motifs is 1. The van der Waals surface area contributed by atoms with Crippen LogP contribution in [0.3, 0.4) is 0 Å². The number of nitrogens with one attached hydrogen (secondary N) is 1. The van der Waals surface area contributed by atoms with Crippen LogP contribution in [0.5, 0.6) is 0 Å². The summed E-state index contributed by atoms with van der Waals surface area (Å²) in [6.45, 7) is 1.58. The quantitative estimate of drug-likeness (QED) is 0.488. The maximum Gasteiger partial charge on any atom is 0.224 e. The summed E-state index contributed by atoms with van der Waals surface area (Å²) in [5.41, 5.74) is 2.32. The summed E-state index contributed by atoms with van der Waals surface area (Å²) in [6.07, 6.45) is 1.89. The molecule has 152 valence electrons. The maximum absolute atomic E-state index is 12.3. The molecule has 4 aromatic rings. The molecule has 3 aromatic heterocycles. The minimum absolute atomic E-state index is 0.0160. The van der Waals surface area contributed by atoms with Gasteiger partial charge >= 0.3 is 0 Å². The van der Waals surface area contributed by atoms with Crippen LogP contribution in [0.1, 0.15) is 12.8 Å². The lowest BCUT2D eigenvalue weighted by molar-refractivity contribution is -0.124. The van der Waals surface area contributed by atoms with Crippen molar-refractivity contribution in [2.24, 2.45) is 5.92 Å². The number of carbonyl (C=O) groups is 1. The number of nitrogens with zero attached hydrogens (tertiary/aromatic N) is 3. The van der Waals surface area contributed by atoms with Crippen LogP contribution < -0.4 is 10.2 Å². The summed E-state index contributed by atoms with van der Waals surface area (Å²) in [4.78, 5) is 26.6. The minimum Gasteiger partial charge on any atom is -0.359 e. The lowest BCUT2D eigenvalue weighted by Gasteiger charge is -2.33. The van der Waals surface area contributed by atoms with Gasteiger partial charge in [-0.25, -0.2) is 9.97 Å². The number of rotatable bonds is 4. The molecule has 0 saturated carbocycles. The van der Waals surface area contributed by atoms with E-state index in [2.05, 4.69) is 51.3 Å². The van der Waals surface area contributed by atoms with Crippen molar-refractivity contribution < 1.29 is 4.79 Å². The van der Waals surface area contributed by atoms with Crippen LogP contribution in [-0.4, -0.2) is 36.0 Å².